The monoisotopic (exact) mass is 277 g/mol. The molecular formula is C15H23N3O2. The summed E-state index contributed by atoms with van der Waals surface area (Å²) in [6, 6.07) is 5.76. The van der Waals surface area contributed by atoms with Gasteiger partial charge in [0.15, 0.2) is 0 Å². The van der Waals surface area contributed by atoms with E-state index in [1.54, 1.807) is 13.3 Å². The number of methoxy groups -OCH3 is 1. The Labute approximate surface area is 120 Å². The maximum atomic E-state index is 12.8. The van der Waals surface area contributed by atoms with Crippen LogP contribution in [-0.4, -0.2) is 48.1 Å². The average Bonchev–Trinajstić information content (AvgIpc) is 2.92. The maximum absolute atomic E-state index is 12.8. The van der Waals surface area contributed by atoms with Crippen molar-refractivity contribution in [3.05, 3.63) is 30.1 Å². The highest BCUT2D eigenvalue weighted by atomic mass is 16.5. The lowest BCUT2D eigenvalue weighted by atomic mass is 9.98. The van der Waals surface area contributed by atoms with E-state index in [0.717, 1.165) is 25.1 Å². The molecule has 5 heteroatoms. The second kappa shape index (κ2) is 6.81. The molecule has 0 spiro atoms. The number of rotatable bonds is 6. The molecule has 1 aromatic rings. The van der Waals surface area contributed by atoms with Crippen molar-refractivity contribution in [1.29, 1.82) is 0 Å². The molecular weight excluding hydrogens is 254 g/mol. The van der Waals surface area contributed by atoms with Crippen molar-refractivity contribution in [2.24, 2.45) is 0 Å². The molecule has 1 aromatic heterocycles. The van der Waals surface area contributed by atoms with E-state index in [4.69, 9.17) is 4.74 Å². The third-order valence-corrected chi connectivity index (χ3v) is 3.77. The van der Waals surface area contributed by atoms with Gasteiger partial charge in [0, 0.05) is 19.9 Å². The van der Waals surface area contributed by atoms with E-state index in [1.807, 2.05) is 30.0 Å². The first kappa shape index (κ1) is 14.9. The summed E-state index contributed by atoms with van der Waals surface area (Å²) in [5.74, 6) is 0.137. The Balaban J connectivity index is 2.08. The quantitative estimate of drug-likeness (QED) is 0.849. The highest BCUT2D eigenvalue weighted by Crippen LogP contribution is 2.22. The van der Waals surface area contributed by atoms with E-state index in [1.165, 1.54) is 0 Å². The van der Waals surface area contributed by atoms with Gasteiger partial charge in [-0.3, -0.25) is 9.78 Å². The fourth-order valence-corrected chi connectivity index (χ4v) is 2.57. The number of amides is 1. The van der Waals surface area contributed by atoms with Crippen molar-refractivity contribution in [2.75, 3.05) is 26.8 Å². The summed E-state index contributed by atoms with van der Waals surface area (Å²) in [7, 11) is 1.65. The van der Waals surface area contributed by atoms with Gasteiger partial charge in [0.1, 0.15) is 0 Å². The van der Waals surface area contributed by atoms with Gasteiger partial charge < -0.3 is 15.0 Å². The summed E-state index contributed by atoms with van der Waals surface area (Å²) >= 11 is 0. The van der Waals surface area contributed by atoms with Crippen molar-refractivity contribution in [3.8, 4) is 0 Å². The normalized spacial score (nSPS) is 21.9. The van der Waals surface area contributed by atoms with Crippen LogP contribution in [0.2, 0.25) is 0 Å². The molecule has 1 fully saturated rings. The minimum Gasteiger partial charge on any atom is -0.383 e. The topological polar surface area (TPSA) is 54.5 Å². The number of nitrogens with zero attached hydrogens (tertiary/aromatic N) is 2. The van der Waals surface area contributed by atoms with Gasteiger partial charge in [-0.1, -0.05) is 6.07 Å². The van der Waals surface area contributed by atoms with Crippen molar-refractivity contribution in [1.82, 2.24) is 15.2 Å². The average molecular weight is 277 g/mol. The Bertz CT molecular complexity index is 430. The number of hydrogen-bond donors (Lipinski definition) is 1. The summed E-state index contributed by atoms with van der Waals surface area (Å²) in [4.78, 5) is 18.9. The largest absolute Gasteiger partial charge is 0.383 e. The number of carbonyl (C=O) groups is 1. The van der Waals surface area contributed by atoms with Crippen molar-refractivity contribution in [2.45, 2.75) is 31.8 Å². The Morgan fingerprint density at radius 1 is 1.55 bits per heavy atom. The molecule has 0 aromatic carbocycles. The molecule has 2 rings (SSSR count). The van der Waals surface area contributed by atoms with Gasteiger partial charge in [-0.05, 0) is 38.4 Å². The van der Waals surface area contributed by atoms with Crippen LogP contribution < -0.4 is 5.32 Å². The van der Waals surface area contributed by atoms with Gasteiger partial charge in [-0.25, -0.2) is 0 Å². The number of aromatic nitrogens is 1. The van der Waals surface area contributed by atoms with Gasteiger partial charge in [0.2, 0.25) is 5.91 Å². The fraction of sp³-hybridized carbons (Fsp3) is 0.600. The number of nitrogens with one attached hydrogen (secondary N) is 1. The van der Waals surface area contributed by atoms with Crippen molar-refractivity contribution < 1.29 is 9.53 Å². The second-order valence-corrected chi connectivity index (χ2v) is 5.40. The Hall–Kier alpha value is -1.46. The van der Waals surface area contributed by atoms with Crippen molar-refractivity contribution >= 4 is 5.91 Å². The van der Waals surface area contributed by atoms with Gasteiger partial charge in [-0.2, -0.15) is 0 Å². The molecule has 1 amide bonds. The molecule has 20 heavy (non-hydrogen) atoms. The van der Waals surface area contributed by atoms with Crippen LogP contribution >= 0.6 is 0 Å². The van der Waals surface area contributed by atoms with E-state index in [9.17, 15) is 4.79 Å². The van der Waals surface area contributed by atoms with Crippen LogP contribution in [0.3, 0.4) is 0 Å². The van der Waals surface area contributed by atoms with Crippen LogP contribution in [0.15, 0.2) is 24.4 Å². The number of carbonyl (C=O) groups excluding carboxylic acids is 1. The minimum absolute atomic E-state index is 0.137. The summed E-state index contributed by atoms with van der Waals surface area (Å²) in [5.41, 5.74) is 0.459. The molecule has 5 nitrogen and oxygen atoms in total. The Kier molecular flexibility index (Phi) is 5.09. The first-order chi connectivity index (χ1) is 9.65. The molecule has 1 saturated heterocycles. The maximum Gasteiger partial charge on any atom is 0.243 e. The van der Waals surface area contributed by atoms with Crippen molar-refractivity contribution in [3.63, 3.8) is 0 Å². The summed E-state index contributed by atoms with van der Waals surface area (Å²) in [5, 5.41) is 3.32. The van der Waals surface area contributed by atoms with Gasteiger partial charge in [0.25, 0.3) is 0 Å². The molecule has 1 atom stereocenters. The van der Waals surface area contributed by atoms with Gasteiger partial charge in [0.05, 0.1) is 24.4 Å². The number of pyridine rings is 1. The molecule has 2 heterocycles. The van der Waals surface area contributed by atoms with E-state index in [0.29, 0.717) is 19.7 Å². The molecule has 110 valence electrons. The molecule has 0 aliphatic carbocycles. The van der Waals surface area contributed by atoms with Crippen LogP contribution in [0.25, 0.3) is 0 Å². The first-order valence-electron chi connectivity index (χ1n) is 7.09. The van der Waals surface area contributed by atoms with Gasteiger partial charge >= 0.3 is 0 Å². The molecule has 0 radical (unpaired) electrons. The SMILES string of the molecule is COCCN(Cc1ccccn1)C(=O)C1(C)CCCN1. The Morgan fingerprint density at radius 3 is 3.00 bits per heavy atom. The third kappa shape index (κ3) is 3.55. The predicted octanol–water partition coefficient (Wildman–Crippen LogP) is 1.20. The molecule has 1 aliphatic rings. The first-order valence-corrected chi connectivity index (χ1v) is 7.09. The number of hydrogen-bond acceptors (Lipinski definition) is 4. The zero-order valence-electron chi connectivity index (χ0n) is 12.3. The summed E-state index contributed by atoms with van der Waals surface area (Å²) < 4.78 is 5.12. The van der Waals surface area contributed by atoms with E-state index < -0.39 is 5.54 Å². The second-order valence-electron chi connectivity index (χ2n) is 5.40. The number of ether oxygens (including phenoxy) is 1. The fourth-order valence-electron chi connectivity index (χ4n) is 2.57. The molecule has 1 unspecified atom stereocenters. The third-order valence-electron chi connectivity index (χ3n) is 3.77. The lowest BCUT2D eigenvalue weighted by Crippen LogP contribution is -2.53. The van der Waals surface area contributed by atoms with E-state index >= 15 is 0 Å². The van der Waals surface area contributed by atoms with Crippen LogP contribution in [-0.2, 0) is 16.1 Å². The minimum atomic E-state index is -0.442. The smallest absolute Gasteiger partial charge is 0.243 e. The van der Waals surface area contributed by atoms with Crippen LogP contribution in [0, 0.1) is 0 Å². The van der Waals surface area contributed by atoms with Crippen LogP contribution in [0.4, 0.5) is 0 Å². The highest BCUT2D eigenvalue weighted by Gasteiger charge is 2.38. The van der Waals surface area contributed by atoms with Crippen LogP contribution in [0.1, 0.15) is 25.5 Å². The lowest BCUT2D eigenvalue weighted by Gasteiger charge is -2.31. The zero-order valence-corrected chi connectivity index (χ0v) is 12.3. The summed E-state index contributed by atoms with van der Waals surface area (Å²) in [6.45, 7) is 4.54. The lowest BCUT2D eigenvalue weighted by molar-refractivity contribution is -0.138. The standard InChI is InChI=1S/C15H23N3O2/c1-15(7-5-9-17-15)14(19)18(10-11-20-2)12-13-6-3-4-8-16-13/h3-4,6,8,17H,5,7,9-12H2,1-2H3. The molecule has 0 saturated carbocycles. The zero-order chi connectivity index (χ0) is 14.4. The predicted molar refractivity (Wildman–Crippen MR) is 77.2 cm³/mol. The van der Waals surface area contributed by atoms with Crippen LogP contribution in [0.5, 0.6) is 0 Å². The van der Waals surface area contributed by atoms with E-state index in [-0.39, 0.29) is 5.91 Å². The highest BCUT2D eigenvalue weighted by molar-refractivity contribution is 5.86. The van der Waals surface area contributed by atoms with Gasteiger partial charge in [-0.15, -0.1) is 0 Å². The Morgan fingerprint density at radius 2 is 2.40 bits per heavy atom. The van der Waals surface area contributed by atoms with E-state index in [2.05, 4.69) is 10.3 Å². The molecule has 1 aliphatic heterocycles. The molecule has 0 bridgehead atoms. The molecule has 1 N–H and O–H groups in total. The summed E-state index contributed by atoms with van der Waals surface area (Å²) in [6.07, 6.45) is 3.69.